The van der Waals surface area contributed by atoms with Crippen LogP contribution in [0.1, 0.15) is 48.9 Å². The van der Waals surface area contributed by atoms with Gasteiger partial charge in [0.25, 0.3) is 0 Å². The van der Waals surface area contributed by atoms with E-state index in [-0.39, 0.29) is 11.7 Å². The van der Waals surface area contributed by atoms with Crippen LogP contribution in [-0.2, 0) is 6.42 Å². The number of nitrogens with zero attached hydrogens (tertiary/aromatic N) is 2. The quantitative estimate of drug-likeness (QED) is 0.749. The number of aromatic amines is 1. The summed E-state index contributed by atoms with van der Waals surface area (Å²) in [6.07, 6.45) is 5.55. The zero-order valence-corrected chi connectivity index (χ0v) is 16.4. The van der Waals surface area contributed by atoms with Crippen LogP contribution in [-0.4, -0.2) is 34.7 Å². The third kappa shape index (κ3) is 2.85. The van der Waals surface area contributed by atoms with Crippen molar-refractivity contribution in [1.82, 2.24) is 14.5 Å². The van der Waals surface area contributed by atoms with E-state index >= 15 is 0 Å². The smallest absolute Gasteiger partial charge is 0.326 e. The van der Waals surface area contributed by atoms with Crippen molar-refractivity contribution in [2.45, 2.75) is 44.2 Å². The molecule has 1 aliphatic carbocycles. The van der Waals surface area contributed by atoms with Gasteiger partial charge < -0.3 is 9.72 Å². The summed E-state index contributed by atoms with van der Waals surface area (Å²) >= 11 is 0. The number of hydrogen-bond acceptors (Lipinski definition) is 3. The molecular weight excluding hydrogens is 350 g/mol. The van der Waals surface area contributed by atoms with Crippen molar-refractivity contribution in [1.29, 1.82) is 0 Å². The maximum Gasteiger partial charge on any atom is 0.326 e. The second-order valence-corrected chi connectivity index (χ2v) is 8.02. The highest BCUT2D eigenvalue weighted by Crippen LogP contribution is 2.40. The second kappa shape index (κ2) is 7.13. The lowest BCUT2D eigenvalue weighted by molar-refractivity contribution is 0.122. The minimum atomic E-state index is 0.0207. The molecule has 0 spiro atoms. The van der Waals surface area contributed by atoms with Gasteiger partial charge in [-0.3, -0.25) is 9.47 Å². The molecule has 2 aliphatic rings. The molecule has 28 heavy (non-hydrogen) atoms. The predicted molar refractivity (Wildman–Crippen MR) is 111 cm³/mol. The van der Waals surface area contributed by atoms with Crippen LogP contribution in [0, 0.1) is 0 Å². The molecule has 1 N–H and O–H groups in total. The van der Waals surface area contributed by atoms with Crippen molar-refractivity contribution in [3.8, 4) is 5.75 Å². The van der Waals surface area contributed by atoms with Gasteiger partial charge in [-0.05, 0) is 61.4 Å². The number of methoxy groups -OCH3 is 1. The Morgan fingerprint density at radius 2 is 1.86 bits per heavy atom. The lowest BCUT2D eigenvalue weighted by atomic mass is 9.85. The molecule has 5 heteroatoms. The number of fused-ring (bicyclic) bond motifs is 2. The highest BCUT2D eigenvalue weighted by molar-refractivity contribution is 5.75. The van der Waals surface area contributed by atoms with E-state index in [9.17, 15) is 4.79 Å². The number of nitrogens with one attached hydrogen (secondary N) is 1. The van der Waals surface area contributed by atoms with Gasteiger partial charge in [0.1, 0.15) is 5.75 Å². The van der Waals surface area contributed by atoms with Crippen molar-refractivity contribution < 1.29 is 4.74 Å². The summed E-state index contributed by atoms with van der Waals surface area (Å²) in [5.74, 6) is 1.03. The van der Waals surface area contributed by atoms with Gasteiger partial charge in [-0.2, -0.15) is 0 Å². The first-order valence-corrected chi connectivity index (χ1v) is 10.4. The number of ether oxygens (including phenoxy) is 1. The number of para-hydroxylation sites is 2. The molecule has 1 aliphatic heterocycles. The fourth-order valence-corrected chi connectivity index (χ4v) is 5.25. The van der Waals surface area contributed by atoms with Crippen molar-refractivity contribution in [2.24, 2.45) is 0 Å². The molecule has 1 atom stereocenters. The van der Waals surface area contributed by atoms with Gasteiger partial charge >= 0.3 is 5.69 Å². The van der Waals surface area contributed by atoms with Crippen LogP contribution in [0.3, 0.4) is 0 Å². The summed E-state index contributed by atoms with van der Waals surface area (Å²) in [5.41, 5.74) is 4.80. The van der Waals surface area contributed by atoms with E-state index < -0.39 is 0 Å². The molecule has 1 fully saturated rings. The number of likely N-dealkylation sites (tertiary alicyclic amines) is 1. The van der Waals surface area contributed by atoms with Crippen molar-refractivity contribution >= 4 is 11.0 Å². The summed E-state index contributed by atoms with van der Waals surface area (Å²) in [6.45, 7) is 2.05. The first kappa shape index (κ1) is 17.6. The van der Waals surface area contributed by atoms with Gasteiger partial charge in [-0.1, -0.05) is 24.3 Å². The highest BCUT2D eigenvalue weighted by Gasteiger charge is 2.31. The molecule has 5 rings (SSSR count). The average molecular weight is 377 g/mol. The van der Waals surface area contributed by atoms with Gasteiger partial charge in [0.15, 0.2) is 0 Å². The predicted octanol–water partition coefficient (Wildman–Crippen LogP) is 4.05. The van der Waals surface area contributed by atoms with Crippen LogP contribution in [0.4, 0.5) is 0 Å². The Hall–Kier alpha value is -2.53. The van der Waals surface area contributed by atoms with Gasteiger partial charge in [0.05, 0.1) is 18.1 Å². The number of H-pyrrole nitrogens is 1. The van der Waals surface area contributed by atoms with E-state index in [4.69, 9.17) is 4.74 Å². The lowest BCUT2D eigenvalue weighted by Gasteiger charge is -2.40. The average Bonchev–Trinajstić information content (AvgIpc) is 3.08. The van der Waals surface area contributed by atoms with Gasteiger partial charge in [-0.15, -0.1) is 0 Å². The molecule has 1 aromatic heterocycles. The molecule has 0 radical (unpaired) electrons. The molecule has 1 unspecified atom stereocenters. The van der Waals surface area contributed by atoms with E-state index in [1.54, 1.807) is 7.11 Å². The van der Waals surface area contributed by atoms with Gasteiger partial charge in [0.2, 0.25) is 0 Å². The molecule has 0 saturated carbocycles. The van der Waals surface area contributed by atoms with Crippen LogP contribution in [0.2, 0.25) is 0 Å². The molecule has 2 aromatic carbocycles. The summed E-state index contributed by atoms with van der Waals surface area (Å²) < 4.78 is 7.59. The maximum atomic E-state index is 12.5. The van der Waals surface area contributed by atoms with Crippen molar-refractivity contribution in [3.63, 3.8) is 0 Å². The fraction of sp³-hybridized carbons (Fsp3) is 0.435. The Morgan fingerprint density at radius 1 is 1.04 bits per heavy atom. The highest BCUT2D eigenvalue weighted by atomic mass is 16.5. The zero-order chi connectivity index (χ0) is 19.1. The standard InChI is InChI=1S/C23H27N3O2/c1-28-22-11-5-6-17-18(22)7-4-10-20(17)25-14-12-16(13-15-25)26-21-9-3-2-8-19(21)24-23(26)27/h2-3,5-6,8-9,11,16,20H,4,7,10,12-15H2,1H3,(H,24,27). The molecule has 5 nitrogen and oxygen atoms in total. The van der Waals surface area contributed by atoms with Crippen LogP contribution in [0.5, 0.6) is 5.75 Å². The van der Waals surface area contributed by atoms with E-state index in [2.05, 4.69) is 28.1 Å². The normalized spacial score (nSPS) is 21.0. The van der Waals surface area contributed by atoms with E-state index in [1.165, 1.54) is 24.0 Å². The van der Waals surface area contributed by atoms with Crippen LogP contribution in [0.25, 0.3) is 11.0 Å². The third-order valence-corrected chi connectivity index (χ3v) is 6.58. The monoisotopic (exact) mass is 377 g/mol. The van der Waals surface area contributed by atoms with Crippen molar-refractivity contribution in [3.05, 3.63) is 64.1 Å². The zero-order valence-electron chi connectivity index (χ0n) is 16.4. The minimum Gasteiger partial charge on any atom is -0.496 e. The Labute approximate surface area is 164 Å². The fourth-order valence-electron chi connectivity index (χ4n) is 5.25. The Morgan fingerprint density at radius 3 is 2.68 bits per heavy atom. The molecule has 3 aromatic rings. The van der Waals surface area contributed by atoms with Crippen LogP contribution < -0.4 is 10.4 Å². The maximum absolute atomic E-state index is 12.5. The molecule has 0 amide bonds. The minimum absolute atomic E-state index is 0.0207. The first-order valence-electron chi connectivity index (χ1n) is 10.4. The van der Waals surface area contributed by atoms with Crippen molar-refractivity contribution in [2.75, 3.05) is 20.2 Å². The molecule has 0 bridgehead atoms. The molecular formula is C23H27N3O2. The van der Waals surface area contributed by atoms with E-state index in [0.29, 0.717) is 6.04 Å². The SMILES string of the molecule is COc1cccc2c1CCCC2N1CCC(n2c(=O)[nH]c3ccccc32)CC1. The Balaban J connectivity index is 1.37. The number of hydrogen-bond donors (Lipinski definition) is 1. The summed E-state index contributed by atoms with van der Waals surface area (Å²) in [6, 6.07) is 15.2. The van der Waals surface area contributed by atoms with Gasteiger partial charge in [-0.25, -0.2) is 4.79 Å². The Bertz CT molecular complexity index is 1040. The number of imidazole rings is 1. The van der Waals surface area contributed by atoms with Crippen LogP contribution in [0.15, 0.2) is 47.3 Å². The molecule has 2 heterocycles. The third-order valence-electron chi connectivity index (χ3n) is 6.58. The van der Waals surface area contributed by atoms with E-state index in [1.807, 2.05) is 28.8 Å². The number of benzene rings is 2. The summed E-state index contributed by atoms with van der Waals surface area (Å²) in [7, 11) is 1.77. The topological polar surface area (TPSA) is 50.3 Å². The molecule has 1 saturated heterocycles. The first-order chi connectivity index (χ1) is 13.8. The Kier molecular flexibility index (Phi) is 4.47. The number of aromatic nitrogens is 2. The second-order valence-electron chi connectivity index (χ2n) is 8.02. The lowest BCUT2D eigenvalue weighted by Crippen LogP contribution is -2.40. The van der Waals surface area contributed by atoms with E-state index in [0.717, 1.165) is 49.1 Å². The van der Waals surface area contributed by atoms with Crippen LogP contribution >= 0.6 is 0 Å². The number of piperidine rings is 1. The summed E-state index contributed by atoms with van der Waals surface area (Å²) in [5, 5.41) is 0. The number of rotatable bonds is 3. The largest absolute Gasteiger partial charge is 0.496 e. The molecule has 146 valence electrons. The van der Waals surface area contributed by atoms with Gasteiger partial charge in [0, 0.05) is 25.2 Å². The summed E-state index contributed by atoms with van der Waals surface area (Å²) in [4.78, 5) is 18.2.